The van der Waals surface area contributed by atoms with Gasteiger partial charge < -0.3 is 5.11 Å². The van der Waals surface area contributed by atoms with E-state index >= 15 is 0 Å². The van der Waals surface area contributed by atoms with E-state index in [2.05, 4.69) is 6.92 Å². The van der Waals surface area contributed by atoms with Crippen LogP contribution in [0.15, 0.2) is 0 Å². The average Bonchev–Trinajstić information content (AvgIpc) is 1.65. The van der Waals surface area contributed by atoms with Gasteiger partial charge in [0.05, 0.1) is 6.10 Å². The zero-order chi connectivity index (χ0) is 5.86. The largest absolute Gasteiger partial charge is 0.393 e. The van der Waals surface area contributed by atoms with Gasteiger partial charge in [-0.3, -0.25) is 0 Å². The maximum absolute atomic E-state index is 8.76. The lowest BCUT2D eigenvalue weighted by Gasteiger charge is -2.09. The fraction of sp³-hybridized carbons (Fsp3) is 0.833. The molecule has 0 aliphatic carbocycles. The van der Waals surface area contributed by atoms with Crippen LogP contribution in [0.1, 0.15) is 20.3 Å². The Morgan fingerprint density at radius 2 is 2.14 bits per heavy atom. The first-order chi connectivity index (χ1) is 3.18. The number of rotatable bonds is 2. The first-order valence-corrected chi connectivity index (χ1v) is 2.69. The van der Waals surface area contributed by atoms with Gasteiger partial charge in [-0.25, -0.2) is 0 Å². The zero-order valence-electron chi connectivity index (χ0n) is 5.02. The first-order valence-electron chi connectivity index (χ1n) is 2.69. The lowest BCUT2D eigenvalue weighted by molar-refractivity contribution is 0.145. The molecule has 2 atom stereocenters. The van der Waals surface area contributed by atoms with Crippen LogP contribution in [0.4, 0.5) is 0 Å². The molecule has 0 amide bonds. The minimum Gasteiger partial charge on any atom is -0.393 e. The summed E-state index contributed by atoms with van der Waals surface area (Å²) in [6.07, 6.45) is 0.711. The fourth-order valence-corrected chi connectivity index (χ4v) is 0.341. The Morgan fingerprint density at radius 1 is 1.71 bits per heavy atom. The lowest BCUT2D eigenvalue weighted by Crippen LogP contribution is -2.11. The predicted octanol–water partition coefficient (Wildman–Crippen LogP) is 1.23. The molecule has 0 saturated heterocycles. The van der Waals surface area contributed by atoms with Crippen molar-refractivity contribution in [1.29, 1.82) is 0 Å². The topological polar surface area (TPSA) is 20.2 Å². The molecule has 1 unspecified atom stereocenters. The van der Waals surface area contributed by atoms with Crippen molar-refractivity contribution in [1.82, 2.24) is 0 Å². The Hall–Kier alpha value is -0.0400. The Morgan fingerprint density at radius 3 is 2.14 bits per heavy atom. The Kier molecular flexibility index (Phi) is 3.01. The van der Waals surface area contributed by atoms with Gasteiger partial charge in [0.1, 0.15) is 0 Å². The molecule has 0 aliphatic heterocycles. The molecule has 0 rings (SSSR count). The minimum absolute atomic E-state index is 0.208. The summed E-state index contributed by atoms with van der Waals surface area (Å²) in [5.41, 5.74) is 0. The van der Waals surface area contributed by atoms with Gasteiger partial charge in [0.2, 0.25) is 0 Å². The summed E-state index contributed by atoms with van der Waals surface area (Å²) in [4.78, 5) is 0. The summed E-state index contributed by atoms with van der Waals surface area (Å²) in [5, 5.41) is 8.76. The van der Waals surface area contributed by atoms with Crippen molar-refractivity contribution in [2.24, 2.45) is 5.92 Å². The zero-order valence-corrected chi connectivity index (χ0v) is 5.02. The van der Waals surface area contributed by atoms with Crippen molar-refractivity contribution < 1.29 is 5.11 Å². The highest BCUT2D eigenvalue weighted by Gasteiger charge is 2.03. The van der Waals surface area contributed by atoms with Gasteiger partial charge in [0, 0.05) is 0 Å². The van der Waals surface area contributed by atoms with Gasteiger partial charge in [0.25, 0.3) is 0 Å². The Labute approximate surface area is 45.4 Å². The van der Waals surface area contributed by atoms with Crippen LogP contribution in [0, 0.1) is 12.8 Å². The summed E-state index contributed by atoms with van der Waals surface area (Å²) in [6, 6.07) is 0. The van der Waals surface area contributed by atoms with Crippen molar-refractivity contribution in [2.45, 2.75) is 26.4 Å². The highest BCUT2D eigenvalue weighted by molar-refractivity contribution is 4.63. The quantitative estimate of drug-likeness (QED) is 0.554. The van der Waals surface area contributed by atoms with Crippen molar-refractivity contribution >= 4 is 0 Å². The molecule has 0 aliphatic rings. The van der Waals surface area contributed by atoms with Crippen molar-refractivity contribution in [2.75, 3.05) is 0 Å². The minimum atomic E-state index is -0.245. The molecule has 7 heavy (non-hydrogen) atoms. The van der Waals surface area contributed by atoms with Crippen LogP contribution in [0.5, 0.6) is 0 Å². The second-order valence-corrected chi connectivity index (χ2v) is 1.91. The van der Waals surface area contributed by atoms with Crippen LogP contribution >= 0.6 is 0 Å². The van der Waals surface area contributed by atoms with Gasteiger partial charge in [-0.2, -0.15) is 0 Å². The van der Waals surface area contributed by atoms with Crippen LogP contribution in [0.2, 0.25) is 0 Å². The Bertz CT molecular complexity index is 41.4. The standard InChI is InChI=1S/C6H13O/c1-4-5(2)6(3)7/h5-7H,2,4H2,1,3H3/t5-,6?/m0/s1. The van der Waals surface area contributed by atoms with Crippen molar-refractivity contribution in [3.63, 3.8) is 0 Å². The van der Waals surface area contributed by atoms with E-state index in [-0.39, 0.29) is 12.0 Å². The third kappa shape index (κ3) is 2.63. The average molecular weight is 101 g/mol. The smallest absolute Gasteiger partial charge is 0.0540 e. The molecule has 0 saturated carbocycles. The van der Waals surface area contributed by atoms with E-state index in [0.717, 1.165) is 6.42 Å². The number of aliphatic hydroxyl groups is 1. The molecule has 0 aromatic heterocycles. The second-order valence-electron chi connectivity index (χ2n) is 1.91. The third-order valence-electron chi connectivity index (χ3n) is 1.21. The Balaban J connectivity index is 3.14. The molecule has 1 radical (unpaired) electrons. The summed E-state index contributed by atoms with van der Waals surface area (Å²) in [7, 11) is 0. The molecule has 43 valence electrons. The van der Waals surface area contributed by atoms with E-state index in [1.165, 1.54) is 0 Å². The molecule has 1 N–H and O–H groups in total. The highest BCUT2D eigenvalue weighted by atomic mass is 16.3. The summed E-state index contributed by atoms with van der Waals surface area (Å²) < 4.78 is 0. The summed E-state index contributed by atoms with van der Waals surface area (Å²) >= 11 is 0. The van der Waals surface area contributed by atoms with E-state index < -0.39 is 0 Å². The molecule has 0 bridgehead atoms. The molecular formula is C6H13O. The highest BCUT2D eigenvalue weighted by Crippen LogP contribution is 2.04. The van der Waals surface area contributed by atoms with Gasteiger partial charge in [-0.15, -0.1) is 0 Å². The van der Waals surface area contributed by atoms with Crippen molar-refractivity contribution in [3.05, 3.63) is 6.92 Å². The van der Waals surface area contributed by atoms with Crippen LogP contribution in [0.3, 0.4) is 0 Å². The number of hydrogen-bond donors (Lipinski definition) is 1. The molecule has 0 aromatic carbocycles. The van der Waals surface area contributed by atoms with Gasteiger partial charge in [-0.05, 0) is 19.8 Å². The first kappa shape index (κ1) is 6.96. The van der Waals surface area contributed by atoms with E-state index in [4.69, 9.17) is 5.11 Å². The van der Waals surface area contributed by atoms with Crippen LogP contribution in [-0.2, 0) is 0 Å². The molecule has 1 nitrogen and oxygen atoms in total. The normalized spacial score (nSPS) is 18.9. The number of hydrogen-bond acceptors (Lipinski definition) is 1. The van der Waals surface area contributed by atoms with E-state index in [0.29, 0.717) is 0 Å². The molecule has 0 aromatic rings. The predicted molar refractivity (Wildman–Crippen MR) is 30.8 cm³/mol. The van der Waals surface area contributed by atoms with E-state index in [9.17, 15) is 0 Å². The van der Waals surface area contributed by atoms with E-state index in [1.54, 1.807) is 6.92 Å². The maximum atomic E-state index is 8.76. The molecule has 0 heterocycles. The van der Waals surface area contributed by atoms with Crippen LogP contribution in [0.25, 0.3) is 0 Å². The van der Waals surface area contributed by atoms with Gasteiger partial charge in [-0.1, -0.05) is 13.3 Å². The van der Waals surface area contributed by atoms with Crippen LogP contribution < -0.4 is 0 Å². The molecule has 1 heteroatoms. The fourth-order valence-electron chi connectivity index (χ4n) is 0.341. The van der Waals surface area contributed by atoms with Crippen molar-refractivity contribution in [3.8, 4) is 0 Å². The van der Waals surface area contributed by atoms with E-state index in [1.807, 2.05) is 6.92 Å². The lowest BCUT2D eigenvalue weighted by atomic mass is 10.0. The SMILES string of the molecule is [CH2][C@@H](CC)C(C)O. The van der Waals surface area contributed by atoms with Gasteiger partial charge >= 0.3 is 0 Å². The van der Waals surface area contributed by atoms with Crippen LogP contribution in [-0.4, -0.2) is 11.2 Å². The molecule has 0 spiro atoms. The summed E-state index contributed by atoms with van der Waals surface area (Å²) in [6.45, 7) is 7.49. The third-order valence-corrected chi connectivity index (χ3v) is 1.21. The second kappa shape index (κ2) is 3.03. The maximum Gasteiger partial charge on any atom is 0.0540 e. The summed E-state index contributed by atoms with van der Waals surface area (Å²) in [5.74, 6) is 0.208. The monoisotopic (exact) mass is 101 g/mol. The molecule has 0 fully saturated rings. The molecular weight excluding hydrogens is 88.1 g/mol. The number of aliphatic hydroxyl groups excluding tert-OH is 1. The van der Waals surface area contributed by atoms with Gasteiger partial charge in [0.15, 0.2) is 0 Å².